The number of benzene rings is 2. The number of ketones is 1. The molecule has 1 saturated heterocycles. The summed E-state index contributed by atoms with van der Waals surface area (Å²) in [4.78, 5) is 25.2. The van der Waals surface area contributed by atoms with Gasteiger partial charge in [0.05, 0.1) is 10.9 Å². The summed E-state index contributed by atoms with van der Waals surface area (Å²) in [6, 6.07) is 15.6. The highest BCUT2D eigenvalue weighted by Gasteiger charge is 2.66. The third-order valence-electron chi connectivity index (χ3n) is 5.34. The summed E-state index contributed by atoms with van der Waals surface area (Å²) < 4.78 is 47.4. The lowest BCUT2D eigenvalue weighted by molar-refractivity contribution is -0.287. The second-order valence-corrected chi connectivity index (χ2v) is 8.45. The van der Waals surface area contributed by atoms with Crippen LogP contribution in [-0.2, 0) is 6.61 Å². The number of thiophene rings is 1. The molecule has 1 aromatic heterocycles. The summed E-state index contributed by atoms with van der Waals surface area (Å²) in [5.41, 5.74) is -2.60. The Morgan fingerprint density at radius 3 is 2.36 bits per heavy atom. The third kappa shape index (κ3) is 4.57. The minimum atomic E-state index is -5.29. The summed E-state index contributed by atoms with van der Waals surface area (Å²) >= 11 is 0.953. The first-order valence-corrected chi connectivity index (χ1v) is 10.8. The van der Waals surface area contributed by atoms with E-state index in [1.807, 2.05) is 30.3 Å². The molecule has 6 nitrogen and oxygen atoms in total. The van der Waals surface area contributed by atoms with Crippen LogP contribution >= 0.6 is 11.3 Å². The van der Waals surface area contributed by atoms with Crippen molar-refractivity contribution in [2.75, 3.05) is 0 Å². The van der Waals surface area contributed by atoms with Crippen molar-refractivity contribution in [1.82, 2.24) is 10.6 Å². The Morgan fingerprint density at radius 1 is 1.06 bits per heavy atom. The maximum Gasteiger partial charge on any atom is 0.437 e. The van der Waals surface area contributed by atoms with E-state index >= 15 is 0 Å². The molecule has 0 aliphatic carbocycles. The SMILES string of the molecule is O=C1N[C@@H](c2ccc(OCc3ccccc3)cc2)[C@H](C(=O)c2cccs2)[C@](O)(C(F)(F)F)N1. The number of alkyl halides is 3. The maximum absolute atomic E-state index is 13.9. The molecule has 3 aromatic rings. The van der Waals surface area contributed by atoms with Crippen LogP contribution in [0.25, 0.3) is 0 Å². The highest BCUT2D eigenvalue weighted by Crippen LogP contribution is 2.44. The summed E-state index contributed by atoms with van der Waals surface area (Å²) in [6.45, 7) is 0.289. The molecule has 0 unspecified atom stereocenters. The summed E-state index contributed by atoms with van der Waals surface area (Å²) in [5.74, 6) is -2.54. The Labute approximate surface area is 191 Å². The van der Waals surface area contributed by atoms with Crippen LogP contribution in [0.1, 0.15) is 26.8 Å². The average molecular weight is 476 g/mol. The predicted molar refractivity (Wildman–Crippen MR) is 115 cm³/mol. The van der Waals surface area contributed by atoms with Gasteiger partial charge in [-0.15, -0.1) is 11.3 Å². The number of Topliss-reactive ketones (excluding diaryl/α,β-unsaturated/α-hetero) is 1. The summed E-state index contributed by atoms with van der Waals surface area (Å²) in [6.07, 6.45) is -5.29. The van der Waals surface area contributed by atoms with Gasteiger partial charge in [-0.3, -0.25) is 4.79 Å². The normalized spacial score (nSPS) is 22.8. The average Bonchev–Trinajstić information content (AvgIpc) is 3.32. The highest BCUT2D eigenvalue weighted by molar-refractivity contribution is 7.12. The molecule has 1 fully saturated rings. The van der Waals surface area contributed by atoms with E-state index < -0.39 is 35.7 Å². The number of nitrogens with one attached hydrogen (secondary N) is 2. The Balaban J connectivity index is 1.64. The number of rotatable bonds is 6. The Bertz CT molecular complexity index is 1120. The monoisotopic (exact) mass is 476 g/mol. The van der Waals surface area contributed by atoms with Crippen LogP contribution in [0, 0.1) is 5.92 Å². The van der Waals surface area contributed by atoms with Gasteiger partial charge in [0.1, 0.15) is 18.3 Å². The van der Waals surface area contributed by atoms with Crippen molar-refractivity contribution in [3.05, 3.63) is 88.1 Å². The molecule has 4 rings (SSSR count). The van der Waals surface area contributed by atoms with Gasteiger partial charge in [-0.1, -0.05) is 48.5 Å². The highest BCUT2D eigenvalue weighted by atomic mass is 32.1. The smallest absolute Gasteiger partial charge is 0.437 e. The standard InChI is InChI=1S/C23H19F3N2O4S/c24-23(25,26)22(31)18(20(29)17-7-4-12-33-17)19(27-21(30)28-22)15-8-10-16(11-9-15)32-13-14-5-2-1-3-6-14/h1-12,18-19,31H,13H2,(H2,27,28,30)/t18-,19+,22+/m1/s1. The van der Waals surface area contributed by atoms with Gasteiger partial charge in [0, 0.05) is 0 Å². The van der Waals surface area contributed by atoms with Crippen molar-refractivity contribution in [2.45, 2.75) is 24.6 Å². The predicted octanol–water partition coefficient (Wildman–Crippen LogP) is 4.43. The minimum absolute atomic E-state index is 0.0356. The fourth-order valence-electron chi connectivity index (χ4n) is 3.70. The Kier molecular flexibility index (Phi) is 6.13. The van der Waals surface area contributed by atoms with Gasteiger partial charge in [-0.05, 0) is 34.7 Å². The fraction of sp³-hybridized carbons (Fsp3) is 0.217. The van der Waals surface area contributed by atoms with Crippen molar-refractivity contribution in [2.24, 2.45) is 5.92 Å². The van der Waals surface area contributed by atoms with E-state index in [2.05, 4.69) is 5.32 Å². The van der Waals surface area contributed by atoms with Crippen LogP contribution in [0.2, 0.25) is 0 Å². The van der Waals surface area contributed by atoms with Crippen LogP contribution in [-0.4, -0.2) is 28.8 Å². The van der Waals surface area contributed by atoms with Gasteiger partial charge >= 0.3 is 12.2 Å². The lowest BCUT2D eigenvalue weighted by Crippen LogP contribution is -2.72. The fourth-order valence-corrected chi connectivity index (χ4v) is 4.41. The molecule has 0 bridgehead atoms. The van der Waals surface area contributed by atoms with Crippen LogP contribution < -0.4 is 15.4 Å². The summed E-state index contributed by atoms with van der Waals surface area (Å²) in [7, 11) is 0. The Hall–Kier alpha value is -3.37. The Morgan fingerprint density at radius 2 is 1.76 bits per heavy atom. The molecule has 2 aromatic carbocycles. The molecule has 2 amide bonds. The first kappa shape index (κ1) is 22.8. The van der Waals surface area contributed by atoms with Crippen molar-refractivity contribution < 1.29 is 32.6 Å². The number of hydrogen-bond acceptors (Lipinski definition) is 5. The van der Waals surface area contributed by atoms with Crippen molar-refractivity contribution >= 4 is 23.2 Å². The van der Waals surface area contributed by atoms with E-state index in [9.17, 15) is 27.9 Å². The zero-order valence-corrected chi connectivity index (χ0v) is 17.8. The van der Waals surface area contributed by atoms with Crippen molar-refractivity contribution in [3.8, 4) is 5.75 Å². The number of amides is 2. The first-order chi connectivity index (χ1) is 15.7. The number of carbonyl (C=O) groups excluding carboxylic acids is 2. The minimum Gasteiger partial charge on any atom is -0.489 e. The molecule has 3 N–H and O–H groups in total. The van der Waals surface area contributed by atoms with Gasteiger partial charge in [-0.2, -0.15) is 13.2 Å². The van der Waals surface area contributed by atoms with Crippen LogP contribution in [0.15, 0.2) is 72.1 Å². The van der Waals surface area contributed by atoms with Crippen LogP contribution in [0.5, 0.6) is 5.75 Å². The first-order valence-electron chi connectivity index (χ1n) is 9.91. The van der Waals surface area contributed by atoms with E-state index in [4.69, 9.17) is 4.74 Å². The molecule has 0 saturated carbocycles. The molecular formula is C23H19F3N2O4S. The number of halogens is 3. The zero-order chi connectivity index (χ0) is 23.6. The maximum atomic E-state index is 13.9. The molecule has 0 spiro atoms. The van der Waals surface area contributed by atoms with E-state index in [-0.39, 0.29) is 17.0 Å². The van der Waals surface area contributed by atoms with Crippen molar-refractivity contribution in [1.29, 1.82) is 0 Å². The molecule has 172 valence electrons. The quantitative estimate of drug-likeness (QED) is 0.460. The largest absolute Gasteiger partial charge is 0.489 e. The number of urea groups is 1. The lowest BCUT2D eigenvalue weighted by atomic mass is 9.78. The van der Waals surface area contributed by atoms with E-state index in [0.29, 0.717) is 5.75 Å². The second kappa shape index (κ2) is 8.87. The molecular weight excluding hydrogens is 457 g/mol. The number of ether oxygens (including phenoxy) is 1. The number of hydrogen-bond donors (Lipinski definition) is 3. The topological polar surface area (TPSA) is 87.7 Å². The number of carbonyl (C=O) groups is 2. The van der Waals surface area contributed by atoms with Gasteiger partial charge in [0.25, 0.3) is 0 Å². The zero-order valence-electron chi connectivity index (χ0n) is 17.0. The summed E-state index contributed by atoms with van der Waals surface area (Å²) in [5, 5.41) is 16.0. The molecule has 33 heavy (non-hydrogen) atoms. The van der Waals surface area contributed by atoms with E-state index in [1.165, 1.54) is 41.7 Å². The second-order valence-electron chi connectivity index (χ2n) is 7.50. The van der Waals surface area contributed by atoms with Gasteiger partial charge in [-0.25, -0.2) is 4.79 Å². The van der Waals surface area contributed by atoms with Gasteiger partial charge in [0.2, 0.25) is 5.72 Å². The molecule has 2 heterocycles. The van der Waals surface area contributed by atoms with E-state index in [1.54, 1.807) is 5.38 Å². The molecule has 1 aliphatic heterocycles. The van der Waals surface area contributed by atoms with Crippen LogP contribution in [0.3, 0.4) is 0 Å². The van der Waals surface area contributed by atoms with Gasteiger partial charge < -0.3 is 20.5 Å². The number of aliphatic hydroxyl groups is 1. The molecule has 10 heteroatoms. The molecule has 3 atom stereocenters. The van der Waals surface area contributed by atoms with Crippen LogP contribution in [0.4, 0.5) is 18.0 Å². The van der Waals surface area contributed by atoms with Gasteiger partial charge in [0.15, 0.2) is 5.78 Å². The molecule has 1 aliphatic rings. The van der Waals surface area contributed by atoms with E-state index in [0.717, 1.165) is 16.9 Å². The van der Waals surface area contributed by atoms with Crippen molar-refractivity contribution in [3.63, 3.8) is 0 Å². The third-order valence-corrected chi connectivity index (χ3v) is 6.22. The lowest BCUT2D eigenvalue weighted by Gasteiger charge is -2.44. The molecule has 0 radical (unpaired) electrons.